The maximum atomic E-state index is 12.1. The highest BCUT2D eigenvalue weighted by Gasteiger charge is 2.33. The number of hydrogen-bond donors (Lipinski definition) is 3. The van der Waals surface area contributed by atoms with Crippen molar-refractivity contribution in [3.8, 4) is 11.5 Å². The zero-order valence-electron chi connectivity index (χ0n) is 17.8. The fourth-order valence-corrected chi connectivity index (χ4v) is 4.10. The second kappa shape index (κ2) is 9.65. The van der Waals surface area contributed by atoms with E-state index in [0.717, 1.165) is 31.0 Å². The van der Waals surface area contributed by atoms with E-state index < -0.39 is 0 Å². The molecule has 2 aromatic rings. The first-order valence-electron chi connectivity index (χ1n) is 10.2. The quantitative estimate of drug-likeness (QED) is 0.669. The van der Waals surface area contributed by atoms with E-state index in [1.54, 1.807) is 14.2 Å². The predicted molar refractivity (Wildman–Crippen MR) is 114 cm³/mol. The Kier molecular flexibility index (Phi) is 6.99. The summed E-state index contributed by atoms with van der Waals surface area (Å²) < 4.78 is 11.0. The molecule has 1 heterocycles. The van der Waals surface area contributed by atoms with Crippen molar-refractivity contribution in [2.24, 2.45) is 0 Å². The van der Waals surface area contributed by atoms with Gasteiger partial charge in [0.05, 0.1) is 27.3 Å². The number of methoxy groups -OCH3 is 2. The van der Waals surface area contributed by atoms with E-state index in [1.165, 1.54) is 27.2 Å². The van der Waals surface area contributed by atoms with E-state index in [0.29, 0.717) is 13.1 Å². The van der Waals surface area contributed by atoms with Crippen molar-refractivity contribution in [3.63, 3.8) is 0 Å². The molecule has 29 heavy (non-hydrogen) atoms. The van der Waals surface area contributed by atoms with E-state index in [9.17, 15) is 4.79 Å². The van der Waals surface area contributed by atoms with Crippen LogP contribution < -0.4 is 25.0 Å². The second-order valence-electron chi connectivity index (χ2n) is 7.46. The number of aryl methyl sites for hydroxylation is 1. The number of urea groups is 1. The molecule has 0 bridgehead atoms. The number of benzene rings is 2. The minimum absolute atomic E-state index is 0.129. The van der Waals surface area contributed by atoms with E-state index in [4.69, 9.17) is 9.47 Å². The molecule has 2 atom stereocenters. The van der Waals surface area contributed by atoms with E-state index in [1.807, 2.05) is 6.92 Å². The molecule has 0 saturated heterocycles. The third-order valence-electron chi connectivity index (χ3n) is 5.71. The van der Waals surface area contributed by atoms with Gasteiger partial charge in [0.15, 0.2) is 11.5 Å². The third kappa shape index (κ3) is 4.82. The molecule has 0 spiro atoms. The average molecular weight is 399 g/mol. The van der Waals surface area contributed by atoms with E-state index in [2.05, 4.69) is 54.0 Å². The number of carbonyl (C=O) groups excluding carboxylic acids is 1. The van der Waals surface area contributed by atoms with Gasteiger partial charge in [-0.2, -0.15) is 0 Å². The second-order valence-corrected chi connectivity index (χ2v) is 7.46. The first kappa shape index (κ1) is 21.0. The highest BCUT2D eigenvalue weighted by atomic mass is 16.5. The van der Waals surface area contributed by atoms with Gasteiger partial charge >= 0.3 is 6.03 Å². The SMILES string of the molecule is CCNC(=O)NC[C@@H]1c2cc(OC)c(OC)cc2CC[NH+]1Cc1ccccc1C. The van der Waals surface area contributed by atoms with Gasteiger partial charge in [-0.1, -0.05) is 24.3 Å². The fraction of sp³-hybridized carbons (Fsp3) is 0.435. The molecule has 0 aromatic heterocycles. The molecule has 0 aliphatic carbocycles. The number of fused-ring (bicyclic) bond motifs is 1. The van der Waals surface area contributed by atoms with Gasteiger partial charge in [0, 0.05) is 24.1 Å². The summed E-state index contributed by atoms with van der Waals surface area (Å²) in [5.74, 6) is 1.48. The van der Waals surface area contributed by atoms with Gasteiger partial charge < -0.3 is 25.0 Å². The Morgan fingerprint density at radius 2 is 1.86 bits per heavy atom. The Bertz CT molecular complexity index is 853. The summed E-state index contributed by atoms with van der Waals surface area (Å²) >= 11 is 0. The number of nitrogens with one attached hydrogen (secondary N) is 3. The first-order chi connectivity index (χ1) is 14.1. The van der Waals surface area contributed by atoms with Crippen molar-refractivity contribution < 1.29 is 19.2 Å². The predicted octanol–water partition coefficient (Wildman–Crippen LogP) is 2.01. The Morgan fingerprint density at radius 1 is 1.14 bits per heavy atom. The third-order valence-corrected chi connectivity index (χ3v) is 5.71. The molecular weight excluding hydrogens is 366 g/mol. The Hall–Kier alpha value is -2.73. The minimum atomic E-state index is -0.129. The summed E-state index contributed by atoms with van der Waals surface area (Å²) in [6.07, 6.45) is 0.967. The van der Waals surface area contributed by atoms with Crippen LogP contribution in [0.15, 0.2) is 36.4 Å². The summed E-state index contributed by atoms with van der Waals surface area (Å²) in [6.45, 7) is 7.17. The van der Waals surface area contributed by atoms with Gasteiger partial charge in [-0.05, 0) is 37.1 Å². The molecule has 0 fully saturated rings. The Labute approximate surface area is 173 Å². The fourth-order valence-electron chi connectivity index (χ4n) is 4.10. The van der Waals surface area contributed by atoms with Crippen molar-refractivity contribution >= 4 is 6.03 Å². The van der Waals surface area contributed by atoms with Crippen LogP contribution in [-0.4, -0.2) is 39.9 Å². The van der Waals surface area contributed by atoms with Crippen molar-refractivity contribution in [2.45, 2.75) is 32.9 Å². The summed E-state index contributed by atoms with van der Waals surface area (Å²) in [7, 11) is 3.32. The van der Waals surface area contributed by atoms with Crippen LogP contribution in [0.5, 0.6) is 11.5 Å². The van der Waals surface area contributed by atoms with E-state index in [-0.39, 0.29) is 12.1 Å². The lowest BCUT2D eigenvalue weighted by Crippen LogP contribution is -3.12. The van der Waals surface area contributed by atoms with Gasteiger partial charge in [-0.15, -0.1) is 0 Å². The monoisotopic (exact) mass is 398 g/mol. The molecule has 156 valence electrons. The van der Waals surface area contributed by atoms with Crippen LogP contribution in [0.1, 0.15) is 35.2 Å². The molecule has 1 unspecified atom stereocenters. The van der Waals surface area contributed by atoms with Crippen LogP contribution in [-0.2, 0) is 13.0 Å². The van der Waals surface area contributed by atoms with Gasteiger partial charge in [0.25, 0.3) is 0 Å². The zero-order chi connectivity index (χ0) is 20.8. The standard InChI is InChI=1S/C23H31N3O3/c1-5-24-23(27)25-14-20-19-13-22(29-4)21(28-3)12-17(19)10-11-26(20)15-18-9-7-6-8-16(18)2/h6-9,12-13,20H,5,10-11,14-15H2,1-4H3,(H2,24,25,27)/p+1/t20-/m1/s1. The van der Waals surface area contributed by atoms with Crippen molar-refractivity contribution in [3.05, 3.63) is 58.7 Å². The molecule has 0 saturated carbocycles. The molecular formula is C23H32N3O3+. The molecule has 6 heteroatoms. The van der Waals surface area contributed by atoms with Crippen LogP contribution in [0.4, 0.5) is 4.79 Å². The van der Waals surface area contributed by atoms with Crippen LogP contribution in [0.3, 0.4) is 0 Å². The van der Waals surface area contributed by atoms with Gasteiger partial charge in [0.2, 0.25) is 0 Å². The largest absolute Gasteiger partial charge is 0.493 e. The molecule has 3 N–H and O–H groups in total. The summed E-state index contributed by atoms with van der Waals surface area (Å²) in [5.41, 5.74) is 5.12. The Balaban J connectivity index is 1.92. The van der Waals surface area contributed by atoms with Gasteiger partial charge in [-0.25, -0.2) is 4.79 Å². The molecule has 0 radical (unpaired) electrons. The highest BCUT2D eigenvalue weighted by molar-refractivity contribution is 5.73. The maximum absolute atomic E-state index is 12.1. The maximum Gasteiger partial charge on any atom is 0.315 e. The zero-order valence-corrected chi connectivity index (χ0v) is 17.8. The normalized spacial score (nSPS) is 17.9. The summed E-state index contributed by atoms with van der Waals surface area (Å²) in [6, 6.07) is 12.7. The average Bonchev–Trinajstić information content (AvgIpc) is 2.73. The van der Waals surface area contributed by atoms with Crippen LogP contribution in [0, 0.1) is 6.92 Å². The Morgan fingerprint density at radius 3 is 2.55 bits per heavy atom. The lowest BCUT2D eigenvalue weighted by molar-refractivity contribution is -0.945. The molecule has 1 aliphatic heterocycles. The molecule has 3 rings (SSSR count). The summed E-state index contributed by atoms with van der Waals surface area (Å²) in [4.78, 5) is 13.5. The number of rotatable bonds is 7. The number of amides is 2. The molecule has 2 amide bonds. The molecule has 2 aromatic carbocycles. The van der Waals surface area contributed by atoms with Crippen molar-refractivity contribution in [1.82, 2.24) is 10.6 Å². The lowest BCUT2D eigenvalue weighted by Gasteiger charge is -2.35. The van der Waals surface area contributed by atoms with Crippen LogP contribution in [0.2, 0.25) is 0 Å². The molecule has 1 aliphatic rings. The first-order valence-corrected chi connectivity index (χ1v) is 10.2. The van der Waals surface area contributed by atoms with Crippen molar-refractivity contribution in [2.75, 3.05) is 33.9 Å². The van der Waals surface area contributed by atoms with Crippen LogP contribution >= 0.6 is 0 Å². The smallest absolute Gasteiger partial charge is 0.315 e. The minimum Gasteiger partial charge on any atom is -0.493 e. The van der Waals surface area contributed by atoms with E-state index >= 15 is 0 Å². The van der Waals surface area contributed by atoms with Gasteiger partial charge in [-0.3, -0.25) is 0 Å². The topological polar surface area (TPSA) is 64.0 Å². The lowest BCUT2D eigenvalue weighted by atomic mass is 9.91. The van der Waals surface area contributed by atoms with Gasteiger partial charge in [0.1, 0.15) is 12.6 Å². The number of carbonyl (C=O) groups is 1. The number of quaternary nitrogens is 1. The molecule has 6 nitrogen and oxygen atoms in total. The van der Waals surface area contributed by atoms with Crippen LogP contribution in [0.25, 0.3) is 0 Å². The summed E-state index contributed by atoms with van der Waals surface area (Å²) in [5, 5.41) is 5.87. The van der Waals surface area contributed by atoms with Crippen molar-refractivity contribution in [1.29, 1.82) is 0 Å². The highest BCUT2D eigenvalue weighted by Crippen LogP contribution is 2.34. The number of hydrogen-bond acceptors (Lipinski definition) is 3. The number of ether oxygens (including phenoxy) is 2.